The van der Waals surface area contributed by atoms with Gasteiger partial charge in [0.05, 0.1) is 26.9 Å². The molecule has 0 aromatic heterocycles. The standard InChI is InChI=1S/C22H24O4/c1-22(2)13-12-17-18(26-22)11-9-16(21(17)25-5)8-6-15-7-10-19(23-3)20(14-15)24-4/h6-14H,1-5H3/b8-6+. The lowest BCUT2D eigenvalue weighted by molar-refractivity contribution is 0.158. The summed E-state index contributed by atoms with van der Waals surface area (Å²) in [4.78, 5) is 0. The smallest absolute Gasteiger partial charge is 0.161 e. The molecule has 0 unspecified atom stereocenters. The van der Waals surface area contributed by atoms with Gasteiger partial charge in [-0.25, -0.2) is 0 Å². The van der Waals surface area contributed by atoms with Gasteiger partial charge in [0.15, 0.2) is 11.5 Å². The molecule has 2 aromatic rings. The second kappa shape index (κ2) is 7.16. The van der Waals surface area contributed by atoms with E-state index in [1.165, 1.54) is 0 Å². The van der Waals surface area contributed by atoms with E-state index in [0.29, 0.717) is 11.5 Å². The maximum Gasteiger partial charge on any atom is 0.161 e. The minimum absolute atomic E-state index is 0.311. The van der Waals surface area contributed by atoms with Crippen LogP contribution in [0.15, 0.2) is 36.4 Å². The van der Waals surface area contributed by atoms with Gasteiger partial charge in [0.2, 0.25) is 0 Å². The van der Waals surface area contributed by atoms with Crippen LogP contribution in [0.3, 0.4) is 0 Å². The molecule has 0 atom stereocenters. The van der Waals surface area contributed by atoms with Crippen LogP contribution in [0.4, 0.5) is 0 Å². The lowest BCUT2D eigenvalue weighted by Gasteiger charge is -2.29. The molecule has 4 nitrogen and oxygen atoms in total. The summed E-state index contributed by atoms with van der Waals surface area (Å²) >= 11 is 0. The maximum absolute atomic E-state index is 6.01. The molecule has 0 aliphatic carbocycles. The molecule has 2 aromatic carbocycles. The van der Waals surface area contributed by atoms with E-state index in [9.17, 15) is 0 Å². The van der Waals surface area contributed by atoms with Crippen molar-refractivity contribution in [3.05, 3.63) is 53.1 Å². The Morgan fingerprint density at radius 1 is 0.885 bits per heavy atom. The molecular weight excluding hydrogens is 328 g/mol. The highest BCUT2D eigenvalue weighted by atomic mass is 16.5. The molecule has 0 spiro atoms. The number of hydrogen-bond acceptors (Lipinski definition) is 4. The highest BCUT2D eigenvalue weighted by Crippen LogP contribution is 2.39. The van der Waals surface area contributed by atoms with Crippen LogP contribution in [0.2, 0.25) is 0 Å². The van der Waals surface area contributed by atoms with Gasteiger partial charge in [0.1, 0.15) is 17.1 Å². The van der Waals surface area contributed by atoms with Crippen LogP contribution in [0, 0.1) is 0 Å². The molecule has 26 heavy (non-hydrogen) atoms. The van der Waals surface area contributed by atoms with E-state index in [0.717, 1.165) is 28.2 Å². The van der Waals surface area contributed by atoms with E-state index in [2.05, 4.69) is 6.08 Å². The SMILES string of the molecule is COc1ccc(/C=C/c2ccc3c(c2OC)C=CC(C)(C)O3)cc1OC. The van der Waals surface area contributed by atoms with E-state index in [1.807, 2.05) is 62.4 Å². The van der Waals surface area contributed by atoms with Crippen molar-refractivity contribution in [2.75, 3.05) is 21.3 Å². The molecule has 1 aliphatic rings. The van der Waals surface area contributed by atoms with E-state index >= 15 is 0 Å². The van der Waals surface area contributed by atoms with Crippen molar-refractivity contribution in [2.24, 2.45) is 0 Å². The fourth-order valence-electron chi connectivity index (χ4n) is 2.95. The molecule has 0 bridgehead atoms. The van der Waals surface area contributed by atoms with Crippen molar-refractivity contribution in [3.8, 4) is 23.0 Å². The summed E-state index contributed by atoms with van der Waals surface area (Å²) in [6, 6.07) is 9.79. The van der Waals surface area contributed by atoms with Gasteiger partial charge in [-0.15, -0.1) is 0 Å². The summed E-state index contributed by atoms with van der Waals surface area (Å²) in [5.74, 6) is 3.04. The first-order valence-electron chi connectivity index (χ1n) is 8.47. The summed E-state index contributed by atoms with van der Waals surface area (Å²) in [5.41, 5.74) is 2.64. The van der Waals surface area contributed by atoms with Gasteiger partial charge in [-0.3, -0.25) is 0 Å². The highest BCUT2D eigenvalue weighted by molar-refractivity contribution is 5.79. The number of rotatable bonds is 5. The lowest BCUT2D eigenvalue weighted by atomic mass is 9.99. The van der Waals surface area contributed by atoms with Gasteiger partial charge in [0.25, 0.3) is 0 Å². The average molecular weight is 352 g/mol. The Hall–Kier alpha value is -2.88. The highest BCUT2D eigenvalue weighted by Gasteiger charge is 2.24. The maximum atomic E-state index is 6.01. The molecule has 0 saturated carbocycles. The quantitative estimate of drug-likeness (QED) is 0.704. The Kier molecular flexibility index (Phi) is 4.94. The Morgan fingerprint density at radius 2 is 1.65 bits per heavy atom. The number of benzene rings is 2. The monoisotopic (exact) mass is 352 g/mol. The molecule has 1 aliphatic heterocycles. The van der Waals surface area contributed by atoms with Crippen molar-refractivity contribution in [1.29, 1.82) is 0 Å². The third-order valence-corrected chi connectivity index (χ3v) is 4.28. The Morgan fingerprint density at radius 3 is 2.35 bits per heavy atom. The zero-order valence-electron chi connectivity index (χ0n) is 15.8. The Labute approximate surface area is 154 Å². The van der Waals surface area contributed by atoms with E-state index in [4.69, 9.17) is 18.9 Å². The van der Waals surface area contributed by atoms with Crippen LogP contribution < -0.4 is 18.9 Å². The molecule has 0 saturated heterocycles. The van der Waals surface area contributed by atoms with Crippen LogP contribution in [-0.2, 0) is 0 Å². The average Bonchev–Trinajstić information content (AvgIpc) is 2.64. The summed E-state index contributed by atoms with van der Waals surface area (Å²) in [7, 11) is 4.94. The molecule has 0 N–H and O–H groups in total. The van der Waals surface area contributed by atoms with Gasteiger partial charge in [-0.05, 0) is 55.8 Å². The van der Waals surface area contributed by atoms with Gasteiger partial charge in [-0.2, -0.15) is 0 Å². The van der Waals surface area contributed by atoms with Crippen LogP contribution >= 0.6 is 0 Å². The van der Waals surface area contributed by atoms with E-state index < -0.39 is 0 Å². The number of fused-ring (bicyclic) bond motifs is 1. The first kappa shape index (κ1) is 17.9. The Balaban J connectivity index is 1.95. The molecular formula is C22H24O4. The van der Waals surface area contributed by atoms with Crippen molar-refractivity contribution in [1.82, 2.24) is 0 Å². The summed E-state index contributed by atoms with van der Waals surface area (Å²) in [6.07, 6.45) is 8.14. The van der Waals surface area contributed by atoms with E-state index in [-0.39, 0.29) is 5.60 Å². The van der Waals surface area contributed by atoms with Crippen LogP contribution in [0.1, 0.15) is 30.5 Å². The molecule has 3 rings (SSSR count). The van der Waals surface area contributed by atoms with Gasteiger partial charge in [0, 0.05) is 5.56 Å². The van der Waals surface area contributed by atoms with Gasteiger partial charge in [-0.1, -0.05) is 18.2 Å². The zero-order chi connectivity index (χ0) is 18.7. The van der Waals surface area contributed by atoms with Crippen molar-refractivity contribution >= 4 is 18.2 Å². The minimum Gasteiger partial charge on any atom is -0.495 e. The summed E-state index contributed by atoms with van der Waals surface area (Å²) < 4.78 is 22.3. The van der Waals surface area contributed by atoms with Crippen LogP contribution in [-0.4, -0.2) is 26.9 Å². The largest absolute Gasteiger partial charge is 0.495 e. The van der Waals surface area contributed by atoms with Crippen LogP contribution in [0.5, 0.6) is 23.0 Å². The predicted molar refractivity (Wildman–Crippen MR) is 105 cm³/mol. The second-order valence-electron chi connectivity index (χ2n) is 6.59. The first-order valence-corrected chi connectivity index (χ1v) is 8.47. The fraction of sp³-hybridized carbons (Fsp3) is 0.273. The van der Waals surface area contributed by atoms with Crippen LogP contribution in [0.25, 0.3) is 18.2 Å². The fourth-order valence-corrected chi connectivity index (χ4v) is 2.95. The normalized spacial score (nSPS) is 14.7. The second-order valence-corrected chi connectivity index (χ2v) is 6.59. The zero-order valence-corrected chi connectivity index (χ0v) is 15.8. The lowest BCUT2D eigenvalue weighted by Crippen LogP contribution is -2.27. The molecule has 1 heterocycles. The number of methoxy groups -OCH3 is 3. The first-order chi connectivity index (χ1) is 12.5. The minimum atomic E-state index is -0.311. The number of ether oxygens (including phenoxy) is 4. The topological polar surface area (TPSA) is 36.9 Å². The molecule has 136 valence electrons. The van der Waals surface area contributed by atoms with E-state index in [1.54, 1.807) is 21.3 Å². The summed E-state index contributed by atoms with van der Waals surface area (Å²) in [6.45, 7) is 4.06. The third kappa shape index (κ3) is 3.54. The molecule has 0 radical (unpaired) electrons. The van der Waals surface area contributed by atoms with Crippen molar-refractivity contribution in [3.63, 3.8) is 0 Å². The van der Waals surface area contributed by atoms with Gasteiger partial charge < -0.3 is 18.9 Å². The van der Waals surface area contributed by atoms with Crippen molar-refractivity contribution in [2.45, 2.75) is 19.4 Å². The molecule has 0 amide bonds. The molecule has 4 heteroatoms. The third-order valence-electron chi connectivity index (χ3n) is 4.28. The predicted octanol–water partition coefficient (Wildman–Crippen LogP) is 5.07. The van der Waals surface area contributed by atoms with Crippen molar-refractivity contribution < 1.29 is 18.9 Å². The summed E-state index contributed by atoms with van der Waals surface area (Å²) in [5, 5.41) is 0. The Bertz CT molecular complexity index is 863. The number of hydrogen-bond donors (Lipinski definition) is 0. The van der Waals surface area contributed by atoms with Gasteiger partial charge >= 0.3 is 0 Å². The molecule has 0 fully saturated rings.